The maximum Gasteiger partial charge on any atom is 0.269 e. The highest BCUT2D eigenvalue weighted by Gasteiger charge is 2.12. The summed E-state index contributed by atoms with van der Waals surface area (Å²) in [7, 11) is 0. The maximum atomic E-state index is 12.4. The fourth-order valence-electron chi connectivity index (χ4n) is 2.13. The molecule has 0 aliphatic carbocycles. The summed E-state index contributed by atoms with van der Waals surface area (Å²) >= 11 is 5.91. The molecule has 0 fully saturated rings. The van der Waals surface area contributed by atoms with Gasteiger partial charge in [-0.3, -0.25) is 14.6 Å². The molecule has 0 atom stereocenters. The molecule has 2 amide bonds. The average molecular weight is 346 g/mol. The number of nitrogens with zero attached hydrogens (tertiary/aromatic N) is 1. The highest BCUT2D eigenvalue weighted by molar-refractivity contribution is 6.30. The Kier molecular flexibility index (Phi) is 6.32. The molecule has 2 N–H and O–H groups in total. The first kappa shape index (κ1) is 17.9. The Balaban J connectivity index is 2.09. The van der Waals surface area contributed by atoms with Gasteiger partial charge in [-0.1, -0.05) is 24.9 Å². The van der Waals surface area contributed by atoms with E-state index in [4.69, 9.17) is 11.6 Å². The molecule has 2 rings (SSSR count). The summed E-state index contributed by atoms with van der Waals surface area (Å²) in [6.45, 7) is 4.51. The van der Waals surface area contributed by atoms with Crippen LogP contribution in [0.4, 0.5) is 5.69 Å². The van der Waals surface area contributed by atoms with Crippen molar-refractivity contribution in [1.29, 1.82) is 0 Å². The van der Waals surface area contributed by atoms with Crippen molar-refractivity contribution in [3.8, 4) is 0 Å². The lowest BCUT2D eigenvalue weighted by molar-refractivity contribution is 0.0948. The molecule has 0 spiro atoms. The maximum absolute atomic E-state index is 12.4. The SMILES string of the molecule is CCCCNC(=O)c1cc(C(=O)Nc2ccc(Cl)cc2C)ccn1. The molecule has 126 valence electrons. The van der Waals surface area contributed by atoms with Crippen LogP contribution < -0.4 is 10.6 Å². The predicted molar refractivity (Wildman–Crippen MR) is 95.6 cm³/mol. The zero-order valence-electron chi connectivity index (χ0n) is 13.7. The van der Waals surface area contributed by atoms with Crippen LogP contribution in [0, 0.1) is 6.92 Å². The second-order valence-electron chi connectivity index (χ2n) is 5.45. The average Bonchev–Trinajstić information content (AvgIpc) is 2.57. The van der Waals surface area contributed by atoms with Crippen molar-refractivity contribution in [2.24, 2.45) is 0 Å². The number of unbranched alkanes of at least 4 members (excludes halogenated alkanes) is 1. The second-order valence-corrected chi connectivity index (χ2v) is 5.89. The molecule has 24 heavy (non-hydrogen) atoms. The molecular formula is C18H20ClN3O2. The van der Waals surface area contributed by atoms with Crippen LogP contribution >= 0.6 is 11.6 Å². The van der Waals surface area contributed by atoms with Gasteiger partial charge in [-0.05, 0) is 49.2 Å². The normalized spacial score (nSPS) is 10.3. The summed E-state index contributed by atoms with van der Waals surface area (Å²) in [5.41, 5.74) is 2.14. The molecule has 0 saturated carbocycles. The summed E-state index contributed by atoms with van der Waals surface area (Å²) in [6, 6.07) is 8.29. The van der Waals surface area contributed by atoms with Crippen LogP contribution in [0.25, 0.3) is 0 Å². The van der Waals surface area contributed by atoms with E-state index in [1.54, 1.807) is 24.3 Å². The fourth-order valence-corrected chi connectivity index (χ4v) is 2.35. The van der Waals surface area contributed by atoms with Crippen molar-refractivity contribution in [1.82, 2.24) is 10.3 Å². The molecule has 0 radical (unpaired) electrons. The van der Waals surface area contributed by atoms with Crippen LogP contribution in [-0.2, 0) is 0 Å². The van der Waals surface area contributed by atoms with Crippen LogP contribution in [0.1, 0.15) is 46.2 Å². The third kappa shape index (κ3) is 4.80. The van der Waals surface area contributed by atoms with Gasteiger partial charge in [0.25, 0.3) is 11.8 Å². The van der Waals surface area contributed by atoms with E-state index in [2.05, 4.69) is 15.6 Å². The van der Waals surface area contributed by atoms with Crippen molar-refractivity contribution in [2.45, 2.75) is 26.7 Å². The minimum absolute atomic E-state index is 0.228. The van der Waals surface area contributed by atoms with Crippen molar-refractivity contribution in [3.05, 3.63) is 58.4 Å². The molecular weight excluding hydrogens is 326 g/mol. The molecule has 0 bridgehead atoms. The van der Waals surface area contributed by atoms with Gasteiger partial charge >= 0.3 is 0 Å². The van der Waals surface area contributed by atoms with E-state index in [1.807, 2.05) is 13.8 Å². The first-order valence-electron chi connectivity index (χ1n) is 7.83. The van der Waals surface area contributed by atoms with Crippen molar-refractivity contribution in [3.63, 3.8) is 0 Å². The molecule has 5 nitrogen and oxygen atoms in total. The number of aryl methyl sites for hydroxylation is 1. The van der Waals surface area contributed by atoms with Crippen LogP contribution in [0.15, 0.2) is 36.5 Å². The Labute approximate surface area is 146 Å². The number of pyridine rings is 1. The number of halogens is 1. The highest BCUT2D eigenvalue weighted by Crippen LogP contribution is 2.20. The van der Waals surface area contributed by atoms with Gasteiger partial charge in [0.2, 0.25) is 0 Å². The second kappa shape index (κ2) is 8.45. The van der Waals surface area contributed by atoms with Gasteiger partial charge in [-0.2, -0.15) is 0 Å². The van der Waals surface area contributed by atoms with Crippen molar-refractivity contribution >= 4 is 29.1 Å². The number of rotatable bonds is 6. The summed E-state index contributed by atoms with van der Waals surface area (Å²) in [5.74, 6) is -0.578. The number of hydrogen-bond acceptors (Lipinski definition) is 3. The monoisotopic (exact) mass is 345 g/mol. The van der Waals surface area contributed by atoms with E-state index in [9.17, 15) is 9.59 Å². The zero-order chi connectivity index (χ0) is 17.5. The third-order valence-corrected chi connectivity index (χ3v) is 3.74. The van der Waals surface area contributed by atoms with E-state index < -0.39 is 0 Å². The Morgan fingerprint density at radius 2 is 1.96 bits per heavy atom. The molecule has 0 aliphatic rings. The number of nitrogens with one attached hydrogen (secondary N) is 2. The fraction of sp³-hybridized carbons (Fsp3) is 0.278. The summed E-state index contributed by atoms with van der Waals surface area (Å²) in [5, 5.41) is 6.21. The first-order valence-corrected chi connectivity index (χ1v) is 8.21. The minimum Gasteiger partial charge on any atom is -0.351 e. The number of carbonyl (C=O) groups is 2. The number of amides is 2. The van der Waals surface area contributed by atoms with E-state index in [1.165, 1.54) is 12.3 Å². The lowest BCUT2D eigenvalue weighted by atomic mass is 10.1. The van der Waals surface area contributed by atoms with Crippen molar-refractivity contribution < 1.29 is 9.59 Å². The molecule has 2 aromatic rings. The van der Waals surface area contributed by atoms with Crippen LogP contribution in [-0.4, -0.2) is 23.3 Å². The zero-order valence-corrected chi connectivity index (χ0v) is 14.5. The largest absolute Gasteiger partial charge is 0.351 e. The number of carbonyl (C=O) groups excluding carboxylic acids is 2. The standard InChI is InChI=1S/C18H20ClN3O2/c1-3-4-8-21-18(24)16-11-13(7-9-20-16)17(23)22-15-6-5-14(19)10-12(15)2/h5-7,9-11H,3-4,8H2,1-2H3,(H,21,24)(H,22,23). The van der Waals surface area contributed by atoms with Crippen molar-refractivity contribution in [2.75, 3.05) is 11.9 Å². The lowest BCUT2D eigenvalue weighted by Crippen LogP contribution is -2.25. The van der Waals surface area contributed by atoms with Gasteiger partial charge in [0.15, 0.2) is 0 Å². The summed E-state index contributed by atoms with van der Waals surface area (Å²) in [6.07, 6.45) is 3.36. The van der Waals surface area contributed by atoms with Gasteiger partial charge in [0.05, 0.1) is 0 Å². The van der Waals surface area contributed by atoms with E-state index >= 15 is 0 Å². The van der Waals surface area contributed by atoms with Gasteiger partial charge < -0.3 is 10.6 Å². The smallest absolute Gasteiger partial charge is 0.269 e. The number of aromatic nitrogens is 1. The topological polar surface area (TPSA) is 71.1 Å². The van der Waals surface area contributed by atoms with Crippen LogP contribution in [0.5, 0.6) is 0 Å². The Morgan fingerprint density at radius 1 is 1.17 bits per heavy atom. The first-order chi connectivity index (χ1) is 11.5. The lowest BCUT2D eigenvalue weighted by Gasteiger charge is -2.09. The molecule has 1 heterocycles. The third-order valence-electron chi connectivity index (χ3n) is 3.51. The Hall–Kier alpha value is -2.40. The number of hydrogen-bond donors (Lipinski definition) is 2. The molecule has 0 aliphatic heterocycles. The number of anilines is 1. The highest BCUT2D eigenvalue weighted by atomic mass is 35.5. The molecule has 1 aromatic carbocycles. The molecule has 1 aromatic heterocycles. The van der Waals surface area contributed by atoms with Crippen LogP contribution in [0.2, 0.25) is 5.02 Å². The van der Waals surface area contributed by atoms with Gasteiger partial charge in [0, 0.05) is 29.0 Å². The summed E-state index contributed by atoms with van der Waals surface area (Å²) in [4.78, 5) is 28.4. The Bertz CT molecular complexity index is 747. The summed E-state index contributed by atoms with van der Waals surface area (Å²) < 4.78 is 0. The molecule has 0 saturated heterocycles. The van der Waals surface area contributed by atoms with E-state index in [0.717, 1.165) is 18.4 Å². The predicted octanol–water partition coefficient (Wildman–Crippen LogP) is 3.83. The number of benzene rings is 1. The van der Waals surface area contributed by atoms with Gasteiger partial charge in [-0.25, -0.2) is 0 Å². The molecule has 6 heteroatoms. The Morgan fingerprint density at radius 3 is 2.67 bits per heavy atom. The van der Waals surface area contributed by atoms with E-state index in [0.29, 0.717) is 22.8 Å². The van der Waals surface area contributed by atoms with Gasteiger partial charge in [-0.15, -0.1) is 0 Å². The van der Waals surface area contributed by atoms with Gasteiger partial charge in [0.1, 0.15) is 5.69 Å². The van der Waals surface area contributed by atoms with E-state index in [-0.39, 0.29) is 17.5 Å². The van der Waals surface area contributed by atoms with Crippen LogP contribution in [0.3, 0.4) is 0 Å². The quantitative estimate of drug-likeness (QED) is 0.782. The molecule has 0 unspecified atom stereocenters. The minimum atomic E-state index is -0.301.